The van der Waals surface area contributed by atoms with Gasteiger partial charge < -0.3 is 20.3 Å². The van der Waals surface area contributed by atoms with E-state index in [2.05, 4.69) is 9.97 Å². The summed E-state index contributed by atoms with van der Waals surface area (Å²) < 4.78 is 0. The predicted octanol–water partition coefficient (Wildman–Crippen LogP) is 4.90. The number of nitrogens with one attached hydrogen (secondary N) is 1. The number of rotatable bonds is 4. The number of aromatic hydroxyl groups is 1. The Labute approximate surface area is 212 Å². The van der Waals surface area contributed by atoms with Gasteiger partial charge in [-0.3, -0.25) is 14.5 Å². The lowest BCUT2D eigenvalue weighted by Crippen LogP contribution is -2.30. The molecule has 0 bridgehead atoms. The number of H-pyrrole nitrogens is 1. The minimum Gasteiger partial charge on any atom is -0.508 e. The van der Waals surface area contributed by atoms with E-state index in [9.17, 15) is 29.7 Å². The van der Waals surface area contributed by atoms with Crippen molar-refractivity contribution < 1.29 is 29.7 Å². The largest absolute Gasteiger partial charge is 0.508 e. The van der Waals surface area contributed by atoms with Crippen molar-refractivity contribution in [2.24, 2.45) is 0 Å². The molecule has 36 heavy (non-hydrogen) atoms. The van der Waals surface area contributed by atoms with E-state index in [0.717, 1.165) is 4.90 Å². The standard InChI is InChI=1S/C25H15Cl2N3O6/c26-15-7-3-12(9-16(15)27)21(32)19-20(11-1-5-14(31)6-2-11)30(23(34)22(19)33)25-28-17-8-4-13(24(35)36)10-18(17)29-25/h1-10,20,31-32H,(H,28,29)(H,35,36)/b21-19+. The van der Waals surface area contributed by atoms with E-state index in [1.807, 2.05) is 0 Å². The zero-order chi connectivity index (χ0) is 25.7. The number of phenolic OH excluding ortho intramolecular Hbond substituents is 1. The number of benzene rings is 3. The van der Waals surface area contributed by atoms with E-state index in [1.54, 1.807) is 0 Å². The zero-order valence-corrected chi connectivity index (χ0v) is 19.6. The minimum atomic E-state index is -1.14. The van der Waals surface area contributed by atoms with Gasteiger partial charge in [-0.25, -0.2) is 9.78 Å². The van der Waals surface area contributed by atoms with E-state index in [1.165, 1.54) is 60.7 Å². The molecule has 0 saturated carbocycles. The lowest BCUT2D eigenvalue weighted by atomic mass is 9.95. The molecule has 1 aliphatic heterocycles. The van der Waals surface area contributed by atoms with Crippen LogP contribution in [0.15, 0.2) is 66.2 Å². The second kappa shape index (κ2) is 8.71. The number of Topliss-reactive ketones (excluding diaryl/α,β-unsaturated/α-hetero) is 1. The third-order valence-corrected chi connectivity index (χ3v) is 6.53. The van der Waals surface area contributed by atoms with Crippen LogP contribution < -0.4 is 4.90 Å². The van der Waals surface area contributed by atoms with Crippen molar-refractivity contribution >= 4 is 63.6 Å². The number of carboxylic acids is 1. The third kappa shape index (κ3) is 3.84. The maximum atomic E-state index is 13.3. The predicted molar refractivity (Wildman–Crippen MR) is 132 cm³/mol. The summed E-state index contributed by atoms with van der Waals surface area (Å²) in [5, 5.41) is 30.6. The molecule has 2 heterocycles. The number of halogens is 2. The number of hydrogen-bond acceptors (Lipinski definition) is 6. The van der Waals surface area contributed by atoms with Crippen molar-refractivity contribution in [1.29, 1.82) is 0 Å². The summed E-state index contributed by atoms with van der Waals surface area (Å²) >= 11 is 12.1. The van der Waals surface area contributed by atoms with Crippen LogP contribution in [0.4, 0.5) is 5.95 Å². The number of aromatic carboxylic acids is 1. The Hall–Kier alpha value is -4.34. The molecule has 9 nitrogen and oxygen atoms in total. The first-order valence-corrected chi connectivity index (χ1v) is 11.2. The Morgan fingerprint density at radius 2 is 1.61 bits per heavy atom. The Bertz CT molecular complexity index is 1610. The highest BCUT2D eigenvalue weighted by atomic mass is 35.5. The van der Waals surface area contributed by atoms with E-state index < -0.39 is 29.5 Å². The third-order valence-electron chi connectivity index (χ3n) is 5.79. The maximum Gasteiger partial charge on any atom is 0.335 e. The first kappa shape index (κ1) is 23.4. The lowest BCUT2D eigenvalue weighted by molar-refractivity contribution is -0.132. The molecule has 4 aromatic rings. The fourth-order valence-corrected chi connectivity index (χ4v) is 4.36. The van der Waals surface area contributed by atoms with Crippen molar-refractivity contribution in [2.75, 3.05) is 4.90 Å². The number of aromatic nitrogens is 2. The summed E-state index contributed by atoms with van der Waals surface area (Å²) in [4.78, 5) is 46.2. The number of hydrogen-bond donors (Lipinski definition) is 4. The van der Waals surface area contributed by atoms with Gasteiger partial charge in [-0.1, -0.05) is 35.3 Å². The fourth-order valence-electron chi connectivity index (χ4n) is 4.07. The number of anilines is 1. The minimum absolute atomic E-state index is 0.00876. The number of aliphatic hydroxyl groups excluding tert-OH is 1. The van der Waals surface area contributed by atoms with Crippen molar-refractivity contribution in [3.8, 4) is 5.75 Å². The highest BCUT2D eigenvalue weighted by Gasteiger charge is 2.48. The molecule has 180 valence electrons. The van der Waals surface area contributed by atoms with Gasteiger partial charge in [0, 0.05) is 5.56 Å². The molecule has 0 spiro atoms. The summed E-state index contributed by atoms with van der Waals surface area (Å²) in [5.41, 5.74) is 1.05. The maximum absolute atomic E-state index is 13.3. The van der Waals surface area contributed by atoms with E-state index in [4.69, 9.17) is 23.2 Å². The summed E-state index contributed by atoms with van der Waals surface area (Å²) in [6, 6.07) is 13.1. The van der Waals surface area contributed by atoms with Gasteiger partial charge in [-0.15, -0.1) is 0 Å². The molecule has 0 aliphatic carbocycles. The molecule has 1 amide bonds. The molecule has 11 heteroatoms. The molecule has 1 atom stereocenters. The van der Waals surface area contributed by atoms with E-state index >= 15 is 0 Å². The normalized spacial score (nSPS) is 17.2. The van der Waals surface area contributed by atoms with E-state index in [-0.39, 0.29) is 38.4 Å². The molecule has 3 aromatic carbocycles. The number of aromatic amines is 1. The monoisotopic (exact) mass is 523 g/mol. The van der Waals surface area contributed by atoms with Gasteiger partial charge >= 0.3 is 11.9 Å². The van der Waals surface area contributed by atoms with Crippen LogP contribution >= 0.6 is 23.2 Å². The van der Waals surface area contributed by atoms with Crippen LogP contribution in [0.25, 0.3) is 16.8 Å². The van der Waals surface area contributed by atoms with Gasteiger partial charge in [-0.05, 0) is 54.1 Å². The summed E-state index contributed by atoms with van der Waals surface area (Å²) in [6.45, 7) is 0. The highest BCUT2D eigenvalue weighted by molar-refractivity contribution is 6.51. The molecule has 0 radical (unpaired) electrons. The quantitative estimate of drug-likeness (QED) is 0.169. The van der Waals surface area contributed by atoms with Gasteiger partial charge in [0.2, 0.25) is 5.95 Å². The van der Waals surface area contributed by atoms with Crippen LogP contribution in [0.1, 0.15) is 27.5 Å². The van der Waals surface area contributed by atoms with Crippen molar-refractivity contribution in [3.05, 3.63) is 93.0 Å². The smallest absolute Gasteiger partial charge is 0.335 e. The van der Waals surface area contributed by atoms with Gasteiger partial charge in [0.1, 0.15) is 11.5 Å². The average Bonchev–Trinajstić information content (AvgIpc) is 3.38. The van der Waals surface area contributed by atoms with Crippen LogP contribution in [0.2, 0.25) is 10.0 Å². The number of aliphatic hydroxyl groups is 1. The topological polar surface area (TPSA) is 144 Å². The number of ketones is 1. The van der Waals surface area contributed by atoms with Gasteiger partial charge in [0.15, 0.2) is 0 Å². The summed E-state index contributed by atoms with van der Waals surface area (Å²) in [7, 11) is 0. The van der Waals surface area contributed by atoms with Crippen LogP contribution in [0.5, 0.6) is 5.75 Å². The Morgan fingerprint density at radius 1 is 0.917 bits per heavy atom. The SMILES string of the molecule is O=C1C(=O)N(c2nc3ccc(C(=O)O)cc3[nH]2)C(c2ccc(O)cc2)/C1=C(\O)c1ccc(Cl)c(Cl)c1. The highest BCUT2D eigenvalue weighted by Crippen LogP contribution is 2.42. The second-order valence-corrected chi connectivity index (χ2v) is 8.80. The summed E-state index contributed by atoms with van der Waals surface area (Å²) in [6.07, 6.45) is 0. The molecular weight excluding hydrogens is 509 g/mol. The second-order valence-electron chi connectivity index (χ2n) is 7.99. The van der Waals surface area contributed by atoms with Gasteiger partial charge in [0.25, 0.3) is 5.78 Å². The van der Waals surface area contributed by atoms with Gasteiger partial charge in [-0.2, -0.15) is 0 Å². The van der Waals surface area contributed by atoms with Crippen LogP contribution in [-0.2, 0) is 9.59 Å². The average molecular weight is 524 g/mol. The number of fused-ring (bicyclic) bond motifs is 1. The van der Waals surface area contributed by atoms with Crippen LogP contribution in [0.3, 0.4) is 0 Å². The van der Waals surface area contributed by atoms with Crippen molar-refractivity contribution in [2.45, 2.75) is 6.04 Å². The Morgan fingerprint density at radius 3 is 2.28 bits per heavy atom. The van der Waals surface area contributed by atoms with Gasteiger partial charge in [0.05, 0.1) is 38.3 Å². The first-order valence-electron chi connectivity index (χ1n) is 10.4. The first-order chi connectivity index (χ1) is 17.2. The van der Waals surface area contributed by atoms with Crippen LogP contribution in [0, 0.1) is 0 Å². The number of carbonyl (C=O) groups is 3. The molecule has 1 aromatic heterocycles. The number of amides is 1. The number of phenols is 1. The lowest BCUT2D eigenvalue weighted by Gasteiger charge is -2.23. The van der Waals surface area contributed by atoms with E-state index in [0.29, 0.717) is 16.6 Å². The zero-order valence-electron chi connectivity index (χ0n) is 18.1. The number of carboxylic acid groups (broad SMARTS) is 1. The fraction of sp³-hybridized carbons (Fsp3) is 0.0400. The number of nitrogens with zero attached hydrogens (tertiary/aromatic N) is 2. The number of carbonyl (C=O) groups excluding carboxylic acids is 2. The number of imidazole rings is 1. The molecule has 1 unspecified atom stereocenters. The molecule has 1 fully saturated rings. The Kier molecular flexibility index (Phi) is 5.66. The molecule has 1 aliphatic rings. The molecule has 5 rings (SSSR count). The van der Waals surface area contributed by atoms with Crippen molar-refractivity contribution in [3.63, 3.8) is 0 Å². The van der Waals surface area contributed by atoms with Crippen LogP contribution in [-0.4, -0.2) is 42.9 Å². The summed E-state index contributed by atoms with van der Waals surface area (Å²) in [5.74, 6) is -3.61. The Balaban J connectivity index is 1.72. The molecule has 1 saturated heterocycles. The molecule has 4 N–H and O–H groups in total. The van der Waals surface area contributed by atoms with Crippen molar-refractivity contribution in [1.82, 2.24) is 9.97 Å². The molecular formula is C25H15Cl2N3O6.